The average molecular weight is 371 g/mol. The molecule has 1 aliphatic rings. The van der Waals surface area contributed by atoms with Gasteiger partial charge in [-0.15, -0.1) is 0 Å². The van der Waals surface area contributed by atoms with Crippen LogP contribution in [0.15, 0.2) is 24.3 Å². The third kappa shape index (κ3) is 3.14. The van der Waals surface area contributed by atoms with E-state index in [2.05, 4.69) is 4.98 Å². The lowest BCUT2D eigenvalue weighted by molar-refractivity contribution is 0.0690. The number of H-pyrrole nitrogens is 1. The molecule has 1 aliphatic heterocycles. The molecule has 2 heterocycles. The van der Waals surface area contributed by atoms with E-state index in [0.717, 1.165) is 10.9 Å². The van der Waals surface area contributed by atoms with E-state index < -0.39 is 10.2 Å². The molecule has 24 heavy (non-hydrogen) atoms. The SMILES string of the molecule is CN(C)S(=O)(=O)N1CCN(C(=O)c2cc3cc(Cl)ccc3[nH]2)CC1. The third-order valence-electron chi connectivity index (χ3n) is 4.13. The number of rotatable bonds is 3. The van der Waals surface area contributed by atoms with Crippen LogP contribution in [-0.2, 0) is 10.2 Å². The molecule has 0 unspecified atom stereocenters. The van der Waals surface area contributed by atoms with Crippen molar-refractivity contribution in [3.63, 3.8) is 0 Å². The second-order valence-corrected chi connectivity index (χ2v) is 8.47. The lowest BCUT2D eigenvalue weighted by atomic mass is 10.2. The molecule has 7 nitrogen and oxygen atoms in total. The van der Waals surface area contributed by atoms with Gasteiger partial charge in [0, 0.05) is 56.2 Å². The van der Waals surface area contributed by atoms with Gasteiger partial charge >= 0.3 is 0 Å². The van der Waals surface area contributed by atoms with Gasteiger partial charge in [0.25, 0.3) is 16.1 Å². The largest absolute Gasteiger partial charge is 0.351 e. The molecule has 1 amide bonds. The van der Waals surface area contributed by atoms with Crippen molar-refractivity contribution >= 4 is 38.6 Å². The van der Waals surface area contributed by atoms with Crippen LogP contribution >= 0.6 is 11.6 Å². The number of carbonyl (C=O) groups excluding carboxylic acids is 1. The van der Waals surface area contributed by atoms with Crippen LogP contribution < -0.4 is 0 Å². The first-order valence-corrected chi connectivity index (χ1v) is 9.31. The standard InChI is InChI=1S/C15H19ClN4O3S/c1-18(2)24(22,23)20-7-5-19(6-8-20)15(21)14-10-11-9-12(16)3-4-13(11)17-14/h3-4,9-10,17H,5-8H2,1-2H3. The van der Waals surface area contributed by atoms with Gasteiger partial charge in [0.05, 0.1) is 0 Å². The highest BCUT2D eigenvalue weighted by molar-refractivity contribution is 7.86. The van der Waals surface area contributed by atoms with Crippen molar-refractivity contribution in [2.24, 2.45) is 0 Å². The highest BCUT2D eigenvalue weighted by atomic mass is 35.5. The highest BCUT2D eigenvalue weighted by Crippen LogP contribution is 2.21. The van der Waals surface area contributed by atoms with Crippen molar-refractivity contribution in [1.82, 2.24) is 18.5 Å². The Morgan fingerprint density at radius 3 is 2.46 bits per heavy atom. The van der Waals surface area contributed by atoms with E-state index >= 15 is 0 Å². The normalized spacial score (nSPS) is 16.9. The Bertz CT molecular complexity index is 870. The molecule has 3 rings (SSSR count). The number of hydrogen-bond donors (Lipinski definition) is 1. The molecule has 0 spiro atoms. The van der Waals surface area contributed by atoms with Gasteiger partial charge in [-0.25, -0.2) is 0 Å². The molecule has 9 heteroatoms. The van der Waals surface area contributed by atoms with Crippen LogP contribution in [0.4, 0.5) is 0 Å². The van der Waals surface area contributed by atoms with E-state index in [1.165, 1.54) is 22.7 Å². The van der Waals surface area contributed by atoms with Crippen LogP contribution in [0.25, 0.3) is 10.9 Å². The minimum absolute atomic E-state index is 0.135. The van der Waals surface area contributed by atoms with E-state index in [1.54, 1.807) is 23.1 Å². The summed E-state index contributed by atoms with van der Waals surface area (Å²) in [7, 11) is -0.428. The molecule has 1 aromatic heterocycles. The zero-order valence-electron chi connectivity index (χ0n) is 13.5. The van der Waals surface area contributed by atoms with Crippen LogP contribution in [0, 0.1) is 0 Å². The van der Waals surface area contributed by atoms with Gasteiger partial charge in [0.2, 0.25) is 0 Å². The average Bonchev–Trinajstić information content (AvgIpc) is 2.97. The number of amides is 1. The number of benzene rings is 1. The number of nitrogens with one attached hydrogen (secondary N) is 1. The van der Waals surface area contributed by atoms with Gasteiger partial charge in [-0.05, 0) is 24.3 Å². The topological polar surface area (TPSA) is 76.7 Å². The molecule has 1 N–H and O–H groups in total. The fraction of sp³-hybridized carbons (Fsp3) is 0.400. The van der Waals surface area contributed by atoms with Crippen molar-refractivity contribution in [3.05, 3.63) is 35.0 Å². The summed E-state index contributed by atoms with van der Waals surface area (Å²) in [6, 6.07) is 7.16. The summed E-state index contributed by atoms with van der Waals surface area (Å²) in [6.45, 7) is 1.31. The molecule has 0 saturated carbocycles. The van der Waals surface area contributed by atoms with Crippen molar-refractivity contribution in [3.8, 4) is 0 Å². The van der Waals surface area contributed by atoms with Gasteiger partial charge in [-0.2, -0.15) is 17.0 Å². The maximum absolute atomic E-state index is 12.6. The number of piperazine rings is 1. The number of nitrogens with zero attached hydrogens (tertiary/aromatic N) is 3. The van der Waals surface area contributed by atoms with E-state index in [4.69, 9.17) is 11.6 Å². The van der Waals surface area contributed by atoms with Gasteiger partial charge < -0.3 is 9.88 Å². The predicted octanol–water partition coefficient (Wildman–Crippen LogP) is 1.39. The molecular weight excluding hydrogens is 352 g/mol. The molecule has 0 aliphatic carbocycles. The summed E-state index contributed by atoms with van der Waals surface area (Å²) in [4.78, 5) is 17.4. The summed E-state index contributed by atoms with van der Waals surface area (Å²) in [5.74, 6) is -0.135. The molecular formula is C15H19ClN4O3S. The molecule has 2 aromatic rings. The first kappa shape index (κ1) is 17.2. The Morgan fingerprint density at radius 1 is 1.17 bits per heavy atom. The number of aromatic amines is 1. The van der Waals surface area contributed by atoms with Gasteiger partial charge in [0.1, 0.15) is 5.69 Å². The van der Waals surface area contributed by atoms with Crippen molar-refractivity contribution in [1.29, 1.82) is 0 Å². The van der Waals surface area contributed by atoms with Gasteiger partial charge in [-0.1, -0.05) is 11.6 Å². The van der Waals surface area contributed by atoms with Crippen LogP contribution in [0.5, 0.6) is 0 Å². The van der Waals surface area contributed by atoms with Crippen LogP contribution in [-0.4, -0.2) is 73.1 Å². The Morgan fingerprint density at radius 2 is 1.83 bits per heavy atom. The summed E-state index contributed by atoms with van der Waals surface area (Å²) in [5, 5.41) is 1.49. The smallest absolute Gasteiger partial charge is 0.281 e. The first-order chi connectivity index (χ1) is 11.3. The van der Waals surface area contributed by atoms with E-state index in [-0.39, 0.29) is 19.0 Å². The van der Waals surface area contributed by atoms with E-state index in [1.807, 2.05) is 6.07 Å². The second kappa shape index (κ2) is 6.36. The molecule has 0 atom stereocenters. The quantitative estimate of drug-likeness (QED) is 0.886. The van der Waals surface area contributed by atoms with Crippen LogP contribution in [0.1, 0.15) is 10.5 Å². The Hall–Kier alpha value is -1.61. The number of hydrogen-bond acceptors (Lipinski definition) is 3. The summed E-state index contributed by atoms with van der Waals surface area (Å²) >= 11 is 5.96. The Labute approximate surface area is 146 Å². The van der Waals surface area contributed by atoms with E-state index in [0.29, 0.717) is 23.8 Å². The number of fused-ring (bicyclic) bond motifs is 1. The summed E-state index contributed by atoms with van der Waals surface area (Å²) in [5.41, 5.74) is 1.33. The highest BCUT2D eigenvalue weighted by Gasteiger charge is 2.30. The molecule has 1 fully saturated rings. The van der Waals surface area contributed by atoms with Crippen molar-refractivity contribution < 1.29 is 13.2 Å². The number of halogens is 1. The monoisotopic (exact) mass is 370 g/mol. The van der Waals surface area contributed by atoms with Crippen LogP contribution in [0.3, 0.4) is 0 Å². The minimum atomic E-state index is -3.43. The zero-order valence-corrected chi connectivity index (χ0v) is 15.1. The molecule has 0 radical (unpaired) electrons. The Balaban J connectivity index is 1.72. The lowest BCUT2D eigenvalue weighted by Gasteiger charge is -2.34. The van der Waals surface area contributed by atoms with Crippen LogP contribution in [0.2, 0.25) is 5.02 Å². The molecule has 130 valence electrons. The number of carbonyl (C=O) groups is 1. The zero-order chi connectivity index (χ0) is 17.5. The molecule has 1 saturated heterocycles. The fourth-order valence-electron chi connectivity index (χ4n) is 2.74. The van der Waals surface area contributed by atoms with Gasteiger partial charge in [-0.3, -0.25) is 4.79 Å². The van der Waals surface area contributed by atoms with E-state index in [9.17, 15) is 13.2 Å². The predicted molar refractivity (Wildman–Crippen MR) is 93.4 cm³/mol. The summed E-state index contributed by atoms with van der Waals surface area (Å²) < 4.78 is 26.8. The lowest BCUT2D eigenvalue weighted by Crippen LogP contribution is -2.53. The second-order valence-electron chi connectivity index (χ2n) is 5.90. The number of aromatic nitrogens is 1. The fourth-order valence-corrected chi connectivity index (χ4v) is 4.01. The maximum Gasteiger partial charge on any atom is 0.281 e. The Kier molecular flexibility index (Phi) is 4.56. The summed E-state index contributed by atoms with van der Waals surface area (Å²) in [6.07, 6.45) is 0. The first-order valence-electron chi connectivity index (χ1n) is 7.54. The van der Waals surface area contributed by atoms with Gasteiger partial charge in [0.15, 0.2) is 0 Å². The van der Waals surface area contributed by atoms with Crippen molar-refractivity contribution in [2.45, 2.75) is 0 Å². The minimum Gasteiger partial charge on any atom is -0.351 e. The van der Waals surface area contributed by atoms with Crippen molar-refractivity contribution in [2.75, 3.05) is 40.3 Å². The maximum atomic E-state index is 12.6. The molecule has 1 aromatic carbocycles. The molecule has 0 bridgehead atoms. The third-order valence-corrected chi connectivity index (χ3v) is 6.30.